The molecule has 1 aliphatic carbocycles. The van der Waals surface area contributed by atoms with Crippen molar-refractivity contribution >= 4 is 11.6 Å². The van der Waals surface area contributed by atoms with Crippen molar-refractivity contribution in [3.8, 4) is 0 Å². The topological polar surface area (TPSA) is 41.6 Å². The maximum absolute atomic E-state index is 12.0. The standard InChI is InChI=1S/C16H24N2O2/c1-18(2)15-6-3-5-14(11-15)16(19)17-9-4-10-20-12-13-7-8-13/h3,5-6,11,13H,4,7-10,12H2,1-2H3,(H,17,19). The van der Waals surface area contributed by atoms with E-state index in [1.54, 1.807) is 0 Å². The number of hydrogen-bond donors (Lipinski definition) is 1. The molecule has 0 aromatic heterocycles. The van der Waals surface area contributed by atoms with Crippen LogP contribution in [0.3, 0.4) is 0 Å². The molecule has 110 valence electrons. The van der Waals surface area contributed by atoms with Crippen LogP contribution >= 0.6 is 0 Å². The molecule has 1 aromatic rings. The first-order valence-corrected chi connectivity index (χ1v) is 7.30. The number of amides is 1. The molecule has 0 radical (unpaired) electrons. The minimum absolute atomic E-state index is 0.0177. The number of ether oxygens (including phenoxy) is 1. The van der Waals surface area contributed by atoms with Crippen molar-refractivity contribution in [1.29, 1.82) is 0 Å². The van der Waals surface area contributed by atoms with E-state index in [2.05, 4.69) is 5.32 Å². The Balaban J connectivity index is 1.66. The van der Waals surface area contributed by atoms with Crippen molar-refractivity contribution in [3.63, 3.8) is 0 Å². The molecule has 4 heteroatoms. The van der Waals surface area contributed by atoms with Gasteiger partial charge in [0.1, 0.15) is 0 Å². The lowest BCUT2D eigenvalue weighted by Crippen LogP contribution is -2.25. The van der Waals surface area contributed by atoms with Crippen LogP contribution in [0, 0.1) is 5.92 Å². The average molecular weight is 276 g/mol. The van der Waals surface area contributed by atoms with Crippen molar-refractivity contribution in [2.24, 2.45) is 5.92 Å². The van der Waals surface area contributed by atoms with Gasteiger partial charge in [0.25, 0.3) is 5.91 Å². The van der Waals surface area contributed by atoms with Gasteiger partial charge in [0.2, 0.25) is 0 Å². The fourth-order valence-electron chi connectivity index (χ4n) is 1.94. The second-order valence-corrected chi connectivity index (χ2v) is 5.57. The van der Waals surface area contributed by atoms with Crippen molar-refractivity contribution in [2.45, 2.75) is 19.3 Å². The number of carbonyl (C=O) groups excluding carboxylic acids is 1. The van der Waals surface area contributed by atoms with Gasteiger partial charge in [-0.1, -0.05) is 6.07 Å². The lowest BCUT2D eigenvalue weighted by atomic mass is 10.2. The van der Waals surface area contributed by atoms with Gasteiger partial charge in [0.05, 0.1) is 0 Å². The summed E-state index contributed by atoms with van der Waals surface area (Å²) in [7, 11) is 3.93. The Bertz CT molecular complexity index is 442. The van der Waals surface area contributed by atoms with E-state index < -0.39 is 0 Å². The molecule has 1 aliphatic rings. The summed E-state index contributed by atoms with van der Waals surface area (Å²) in [6.45, 7) is 2.28. The number of carbonyl (C=O) groups is 1. The molecule has 4 nitrogen and oxygen atoms in total. The highest BCUT2D eigenvalue weighted by molar-refractivity contribution is 5.95. The zero-order valence-corrected chi connectivity index (χ0v) is 12.4. The molecular weight excluding hydrogens is 252 g/mol. The monoisotopic (exact) mass is 276 g/mol. The van der Waals surface area contributed by atoms with Crippen LogP contribution in [0.2, 0.25) is 0 Å². The Hall–Kier alpha value is -1.55. The molecule has 0 saturated heterocycles. The normalized spacial score (nSPS) is 14.1. The summed E-state index contributed by atoms with van der Waals surface area (Å²) >= 11 is 0. The first kappa shape index (κ1) is 14.9. The Morgan fingerprint density at radius 3 is 2.90 bits per heavy atom. The first-order valence-electron chi connectivity index (χ1n) is 7.30. The number of anilines is 1. The highest BCUT2D eigenvalue weighted by Gasteiger charge is 2.20. The fraction of sp³-hybridized carbons (Fsp3) is 0.562. The fourth-order valence-corrected chi connectivity index (χ4v) is 1.94. The van der Waals surface area contributed by atoms with Gasteiger partial charge in [0.15, 0.2) is 0 Å². The van der Waals surface area contributed by atoms with Gasteiger partial charge in [-0.2, -0.15) is 0 Å². The molecule has 1 fully saturated rings. The number of nitrogens with zero attached hydrogens (tertiary/aromatic N) is 1. The highest BCUT2D eigenvalue weighted by atomic mass is 16.5. The van der Waals surface area contributed by atoms with Gasteiger partial charge in [-0.15, -0.1) is 0 Å². The van der Waals surface area contributed by atoms with Crippen molar-refractivity contribution in [1.82, 2.24) is 5.32 Å². The van der Waals surface area contributed by atoms with Crippen molar-refractivity contribution < 1.29 is 9.53 Å². The van der Waals surface area contributed by atoms with E-state index >= 15 is 0 Å². The summed E-state index contributed by atoms with van der Waals surface area (Å²) < 4.78 is 5.54. The van der Waals surface area contributed by atoms with Gasteiger partial charge in [-0.05, 0) is 43.4 Å². The average Bonchev–Trinajstić information content (AvgIpc) is 3.26. The third-order valence-corrected chi connectivity index (χ3v) is 3.43. The molecule has 0 unspecified atom stereocenters. The number of nitrogens with one attached hydrogen (secondary N) is 1. The van der Waals surface area contributed by atoms with Crippen LogP contribution in [-0.2, 0) is 4.74 Å². The van der Waals surface area contributed by atoms with Crippen LogP contribution in [0.25, 0.3) is 0 Å². The van der Waals surface area contributed by atoms with Crippen molar-refractivity contribution in [3.05, 3.63) is 29.8 Å². The maximum Gasteiger partial charge on any atom is 0.251 e. The van der Waals surface area contributed by atoms with Crippen LogP contribution in [0.4, 0.5) is 5.69 Å². The SMILES string of the molecule is CN(C)c1cccc(C(=O)NCCCOCC2CC2)c1. The molecule has 0 heterocycles. The van der Waals surface area contributed by atoms with E-state index in [9.17, 15) is 4.79 Å². The predicted molar refractivity (Wildman–Crippen MR) is 81.3 cm³/mol. The van der Waals surface area contributed by atoms with Crippen molar-refractivity contribution in [2.75, 3.05) is 38.8 Å². The second kappa shape index (κ2) is 7.29. The lowest BCUT2D eigenvalue weighted by Gasteiger charge is -2.13. The lowest BCUT2D eigenvalue weighted by molar-refractivity contribution is 0.0937. The zero-order valence-electron chi connectivity index (χ0n) is 12.4. The molecule has 20 heavy (non-hydrogen) atoms. The van der Waals surface area contributed by atoms with Gasteiger partial charge in [-0.3, -0.25) is 4.79 Å². The smallest absolute Gasteiger partial charge is 0.251 e. The highest BCUT2D eigenvalue weighted by Crippen LogP contribution is 2.28. The number of benzene rings is 1. The largest absolute Gasteiger partial charge is 0.381 e. The molecule has 0 aliphatic heterocycles. The van der Waals surface area contributed by atoms with Crippen LogP contribution in [-0.4, -0.2) is 39.8 Å². The third-order valence-electron chi connectivity index (χ3n) is 3.43. The molecule has 1 N–H and O–H groups in total. The van der Waals surface area contributed by atoms with Crippen LogP contribution in [0.5, 0.6) is 0 Å². The summed E-state index contributed by atoms with van der Waals surface area (Å²) in [5.41, 5.74) is 1.74. The predicted octanol–water partition coefficient (Wildman–Crippen LogP) is 2.30. The van der Waals surface area contributed by atoms with E-state index in [1.165, 1.54) is 12.8 Å². The second-order valence-electron chi connectivity index (χ2n) is 5.57. The Kier molecular flexibility index (Phi) is 5.41. The van der Waals surface area contributed by atoms with Gasteiger partial charge < -0.3 is 15.0 Å². The van der Waals surface area contributed by atoms with E-state index in [0.717, 1.165) is 31.2 Å². The quantitative estimate of drug-likeness (QED) is 0.741. The number of rotatable bonds is 8. The van der Waals surface area contributed by atoms with E-state index in [4.69, 9.17) is 4.74 Å². The van der Waals surface area contributed by atoms with E-state index in [-0.39, 0.29) is 5.91 Å². The van der Waals surface area contributed by atoms with Crippen LogP contribution in [0.15, 0.2) is 24.3 Å². The minimum Gasteiger partial charge on any atom is -0.381 e. The summed E-state index contributed by atoms with van der Waals surface area (Å²) in [4.78, 5) is 14.0. The van der Waals surface area contributed by atoms with Gasteiger partial charge in [0, 0.05) is 45.1 Å². The Morgan fingerprint density at radius 1 is 1.40 bits per heavy atom. The Morgan fingerprint density at radius 2 is 2.20 bits per heavy atom. The summed E-state index contributed by atoms with van der Waals surface area (Å²) in [5.74, 6) is 0.786. The molecule has 0 atom stereocenters. The third kappa shape index (κ3) is 4.85. The summed E-state index contributed by atoms with van der Waals surface area (Å²) in [6.07, 6.45) is 3.50. The first-order chi connectivity index (χ1) is 9.66. The number of hydrogen-bond acceptors (Lipinski definition) is 3. The Labute approximate surface area is 121 Å². The summed E-state index contributed by atoms with van der Waals surface area (Å²) in [5, 5.41) is 2.93. The summed E-state index contributed by atoms with van der Waals surface area (Å²) in [6, 6.07) is 7.64. The zero-order chi connectivity index (χ0) is 14.4. The molecule has 1 saturated carbocycles. The maximum atomic E-state index is 12.0. The molecule has 0 bridgehead atoms. The van der Waals surface area contributed by atoms with Crippen LogP contribution < -0.4 is 10.2 Å². The van der Waals surface area contributed by atoms with E-state index in [0.29, 0.717) is 12.1 Å². The molecule has 0 spiro atoms. The van der Waals surface area contributed by atoms with E-state index in [1.807, 2.05) is 43.3 Å². The van der Waals surface area contributed by atoms with Gasteiger partial charge in [-0.25, -0.2) is 0 Å². The molecule has 1 amide bonds. The molecule has 1 aromatic carbocycles. The van der Waals surface area contributed by atoms with Gasteiger partial charge >= 0.3 is 0 Å². The molecule has 2 rings (SSSR count). The van der Waals surface area contributed by atoms with Crippen LogP contribution in [0.1, 0.15) is 29.6 Å². The minimum atomic E-state index is -0.0177. The molecular formula is C16H24N2O2.